The number of rotatable bonds is 5. The lowest BCUT2D eigenvalue weighted by Gasteiger charge is -2.40. The fourth-order valence-electron chi connectivity index (χ4n) is 4.93. The van der Waals surface area contributed by atoms with E-state index in [0.29, 0.717) is 37.4 Å². The van der Waals surface area contributed by atoms with Crippen LogP contribution in [0, 0.1) is 33.1 Å². The van der Waals surface area contributed by atoms with Gasteiger partial charge in [-0.3, -0.25) is 19.8 Å². The van der Waals surface area contributed by atoms with Crippen molar-refractivity contribution in [3.05, 3.63) is 110 Å². The Morgan fingerprint density at radius 3 is 2.03 bits per heavy atom. The number of nitriles is 1. The quantitative estimate of drug-likeness (QED) is 0.292. The number of aryl methyl sites for hydroxylation is 1. The van der Waals surface area contributed by atoms with Crippen molar-refractivity contribution < 1.29 is 13.7 Å². The zero-order chi connectivity index (χ0) is 27.0. The minimum absolute atomic E-state index is 0.104. The second-order valence-corrected chi connectivity index (χ2v) is 9.05. The number of aromatic nitrogens is 2. The number of anilines is 1. The van der Waals surface area contributed by atoms with Crippen LogP contribution in [0.3, 0.4) is 0 Å². The van der Waals surface area contributed by atoms with E-state index in [1.54, 1.807) is 30.3 Å². The summed E-state index contributed by atoms with van der Waals surface area (Å²) in [5, 5.41) is 21.0. The van der Waals surface area contributed by atoms with E-state index in [1.165, 1.54) is 35.9 Å². The third-order valence-corrected chi connectivity index (χ3v) is 6.86. The average Bonchev–Trinajstić information content (AvgIpc) is 2.92. The number of nitro groups is 1. The predicted molar refractivity (Wildman–Crippen MR) is 137 cm³/mol. The number of hydrogen-bond acceptors (Lipinski definition) is 7. The molecule has 0 bridgehead atoms. The van der Waals surface area contributed by atoms with Crippen molar-refractivity contribution in [2.45, 2.75) is 6.04 Å². The molecule has 3 heterocycles. The SMILES string of the molecule is Cn1c(=O)c([N+](=O)[O-])cc2nc(C#N)c(N3CCN(C(c4ccc(F)cc4)c4ccc(F)cc4)CC3)cc21. The molecule has 0 saturated carbocycles. The summed E-state index contributed by atoms with van der Waals surface area (Å²) < 4.78 is 28.4. The summed E-state index contributed by atoms with van der Waals surface area (Å²) in [5.41, 5.74) is 1.58. The van der Waals surface area contributed by atoms with Gasteiger partial charge >= 0.3 is 11.2 Å². The van der Waals surface area contributed by atoms with Gasteiger partial charge in [0.2, 0.25) is 0 Å². The van der Waals surface area contributed by atoms with Gasteiger partial charge in [0.15, 0.2) is 5.69 Å². The highest BCUT2D eigenvalue weighted by atomic mass is 19.1. The summed E-state index contributed by atoms with van der Waals surface area (Å²) in [7, 11) is 1.43. The molecule has 4 aromatic rings. The van der Waals surface area contributed by atoms with Crippen LogP contribution in [0.5, 0.6) is 0 Å². The van der Waals surface area contributed by atoms with Crippen LogP contribution in [0.1, 0.15) is 22.9 Å². The van der Waals surface area contributed by atoms with Crippen LogP contribution in [0.25, 0.3) is 11.0 Å². The van der Waals surface area contributed by atoms with Gasteiger partial charge in [-0.2, -0.15) is 5.26 Å². The van der Waals surface area contributed by atoms with Gasteiger partial charge in [-0.15, -0.1) is 0 Å². The summed E-state index contributed by atoms with van der Waals surface area (Å²) in [6.45, 7) is 2.17. The molecular weight excluding hydrogens is 494 g/mol. The second kappa shape index (κ2) is 9.99. The molecule has 0 N–H and O–H groups in total. The standard InChI is InChI=1S/C27H22F2N6O3/c1-32-23-15-24(22(16-30)31-21(23)14-25(27(32)36)35(37)38)33-10-12-34(13-11-33)26(17-2-6-19(28)7-3-17)18-4-8-20(29)9-5-18/h2-9,14-15,26H,10-13H2,1H3. The van der Waals surface area contributed by atoms with Crippen molar-refractivity contribution in [3.63, 3.8) is 0 Å². The van der Waals surface area contributed by atoms with E-state index in [-0.39, 0.29) is 28.9 Å². The van der Waals surface area contributed by atoms with E-state index in [1.807, 2.05) is 4.90 Å². The first kappa shape index (κ1) is 25.0. The van der Waals surface area contributed by atoms with Crippen LogP contribution >= 0.6 is 0 Å². The molecule has 2 aromatic heterocycles. The van der Waals surface area contributed by atoms with Gasteiger partial charge in [-0.25, -0.2) is 13.8 Å². The van der Waals surface area contributed by atoms with Crippen molar-refractivity contribution in [2.24, 2.45) is 7.05 Å². The maximum atomic E-state index is 13.6. The van der Waals surface area contributed by atoms with E-state index in [4.69, 9.17) is 0 Å². The van der Waals surface area contributed by atoms with Gasteiger partial charge in [-0.1, -0.05) is 24.3 Å². The molecule has 0 aliphatic carbocycles. The zero-order valence-electron chi connectivity index (χ0n) is 20.3. The molecular formula is C27H22F2N6O3. The number of nitrogens with zero attached hydrogens (tertiary/aromatic N) is 6. The lowest BCUT2D eigenvalue weighted by molar-refractivity contribution is -0.386. The van der Waals surface area contributed by atoms with Crippen LogP contribution in [-0.4, -0.2) is 45.6 Å². The third-order valence-electron chi connectivity index (χ3n) is 6.86. The Kier molecular flexibility index (Phi) is 6.57. The number of piperazine rings is 1. The largest absolute Gasteiger partial charge is 0.367 e. The van der Waals surface area contributed by atoms with E-state index in [0.717, 1.165) is 17.2 Å². The van der Waals surface area contributed by atoms with Crippen molar-refractivity contribution >= 4 is 22.4 Å². The number of hydrogen-bond donors (Lipinski definition) is 0. The molecule has 0 atom stereocenters. The monoisotopic (exact) mass is 516 g/mol. The highest BCUT2D eigenvalue weighted by Crippen LogP contribution is 2.32. The molecule has 0 spiro atoms. The van der Waals surface area contributed by atoms with Crippen molar-refractivity contribution in [3.8, 4) is 6.07 Å². The van der Waals surface area contributed by atoms with Crippen molar-refractivity contribution in [2.75, 3.05) is 31.1 Å². The lowest BCUT2D eigenvalue weighted by atomic mass is 9.96. The van der Waals surface area contributed by atoms with Gasteiger partial charge in [0.1, 0.15) is 17.7 Å². The van der Waals surface area contributed by atoms with Gasteiger partial charge in [0.25, 0.3) is 0 Å². The molecule has 5 rings (SSSR count). The Hall–Kier alpha value is -4.69. The molecule has 2 aromatic carbocycles. The molecule has 11 heteroatoms. The molecule has 38 heavy (non-hydrogen) atoms. The highest BCUT2D eigenvalue weighted by Gasteiger charge is 2.28. The summed E-state index contributed by atoms with van der Waals surface area (Å²) in [5.74, 6) is -0.687. The Bertz CT molecular complexity index is 1580. The maximum Gasteiger partial charge on any atom is 0.336 e. The predicted octanol–water partition coefficient (Wildman–Crippen LogP) is 3.90. The summed E-state index contributed by atoms with van der Waals surface area (Å²) in [6, 6.07) is 17.1. The Morgan fingerprint density at radius 1 is 0.974 bits per heavy atom. The Labute approximate surface area is 215 Å². The first-order valence-corrected chi connectivity index (χ1v) is 11.9. The van der Waals surface area contributed by atoms with E-state index < -0.39 is 16.2 Å². The summed E-state index contributed by atoms with van der Waals surface area (Å²) in [4.78, 5) is 31.5. The molecule has 9 nitrogen and oxygen atoms in total. The van der Waals surface area contributed by atoms with Gasteiger partial charge in [0.05, 0.1) is 27.7 Å². The zero-order valence-corrected chi connectivity index (χ0v) is 20.3. The Balaban J connectivity index is 1.46. The van der Waals surface area contributed by atoms with Crippen LogP contribution in [0.15, 0.2) is 65.5 Å². The van der Waals surface area contributed by atoms with Gasteiger partial charge < -0.3 is 9.47 Å². The molecule has 1 saturated heterocycles. The highest BCUT2D eigenvalue weighted by molar-refractivity contribution is 5.82. The first-order chi connectivity index (χ1) is 18.3. The normalized spacial score (nSPS) is 14.1. The molecule has 1 aliphatic heterocycles. The lowest BCUT2D eigenvalue weighted by Crippen LogP contribution is -2.48. The number of pyridine rings is 2. The topological polar surface area (TPSA) is 108 Å². The average molecular weight is 517 g/mol. The van der Waals surface area contributed by atoms with E-state index >= 15 is 0 Å². The number of fused-ring (bicyclic) bond motifs is 1. The maximum absolute atomic E-state index is 13.6. The second-order valence-electron chi connectivity index (χ2n) is 9.05. The minimum atomic E-state index is -0.763. The van der Waals surface area contributed by atoms with Gasteiger partial charge in [0, 0.05) is 39.3 Å². The number of benzene rings is 2. The summed E-state index contributed by atoms with van der Waals surface area (Å²) >= 11 is 0. The fourth-order valence-corrected chi connectivity index (χ4v) is 4.93. The van der Waals surface area contributed by atoms with Crippen molar-refractivity contribution in [1.29, 1.82) is 5.26 Å². The molecule has 0 radical (unpaired) electrons. The molecule has 0 unspecified atom stereocenters. The molecule has 192 valence electrons. The Morgan fingerprint density at radius 2 is 1.53 bits per heavy atom. The molecule has 1 aliphatic rings. The third kappa shape index (κ3) is 4.57. The number of halogens is 2. The van der Waals surface area contributed by atoms with Crippen LogP contribution in [-0.2, 0) is 7.05 Å². The summed E-state index contributed by atoms with van der Waals surface area (Å²) in [6.07, 6.45) is 0. The van der Waals surface area contributed by atoms with Crippen LogP contribution in [0.4, 0.5) is 20.2 Å². The fraction of sp³-hybridized carbons (Fsp3) is 0.222. The minimum Gasteiger partial charge on any atom is -0.367 e. The first-order valence-electron chi connectivity index (χ1n) is 11.9. The smallest absolute Gasteiger partial charge is 0.336 e. The van der Waals surface area contributed by atoms with E-state index in [9.17, 15) is 29.0 Å². The van der Waals surface area contributed by atoms with Crippen LogP contribution < -0.4 is 10.5 Å². The van der Waals surface area contributed by atoms with E-state index in [2.05, 4.69) is 16.0 Å². The molecule has 0 amide bonds. The van der Waals surface area contributed by atoms with Crippen LogP contribution in [0.2, 0.25) is 0 Å². The van der Waals surface area contributed by atoms with Gasteiger partial charge in [-0.05, 0) is 41.5 Å². The molecule has 1 fully saturated rings. The van der Waals surface area contributed by atoms with Crippen molar-refractivity contribution in [1.82, 2.24) is 14.5 Å².